The number of fused-ring (bicyclic) bond motifs is 1. The van der Waals surface area contributed by atoms with Gasteiger partial charge >= 0.3 is 5.97 Å². The molecule has 0 fully saturated rings. The van der Waals surface area contributed by atoms with E-state index in [1.807, 2.05) is 0 Å². The predicted octanol–water partition coefficient (Wildman–Crippen LogP) is 1.84. The lowest BCUT2D eigenvalue weighted by molar-refractivity contribution is -0.138. The molecule has 17 heavy (non-hydrogen) atoms. The molecular formula is C11H9F2NO3. The number of hydrogen-bond acceptors (Lipinski definition) is 3. The van der Waals surface area contributed by atoms with Gasteiger partial charge in [-0.15, -0.1) is 0 Å². The first-order chi connectivity index (χ1) is 8.06. The summed E-state index contributed by atoms with van der Waals surface area (Å²) in [5.41, 5.74) is 4.96. The molecule has 6 heteroatoms. The zero-order valence-corrected chi connectivity index (χ0v) is 8.61. The molecule has 90 valence electrons. The van der Waals surface area contributed by atoms with Crippen LogP contribution in [0, 0.1) is 11.6 Å². The van der Waals surface area contributed by atoms with Crippen LogP contribution in [0.25, 0.3) is 11.0 Å². The van der Waals surface area contributed by atoms with Gasteiger partial charge in [-0.3, -0.25) is 4.79 Å². The number of benzene rings is 1. The van der Waals surface area contributed by atoms with Crippen LogP contribution in [0.3, 0.4) is 0 Å². The van der Waals surface area contributed by atoms with E-state index in [-0.39, 0.29) is 23.1 Å². The van der Waals surface area contributed by atoms with Crippen LogP contribution in [0.4, 0.5) is 8.78 Å². The number of halogens is 2. The zero-order valence-electron chi connectivity index (χ0n) is 8.61. The summed E-state index contributed by atoms with van der Waals surface area (Å²) in [4.78, 5) is 11.0. The second-order valence-corrected chi connectivity index (χ2v) is 3.54. The van der Waals surface area contributed by atoms with Crippen molar-refractivity contribution >= 4 is 16.9 Å². The predicted molar refractivity (Wildman–Crippen MR) is 55.6 cm³/mol. The van der Waals surface area contributed by atoms with Crippen molar-refractivity contribution in [3.8, 4) is 0 Å². The van der Waals surface area contributed by atoms with E-state index >= 15 is 0 Å². The lowest BCUT2D eigenvalue weighted by Gasteiger charge is -2.11. The Morgan fingerprint density at radius 1 is 1.47 bits per heavy atom. The normalized spacial score (nSPS) is 12.9. The molecule has 0 radical (unpaired) electrons. The lowest BCUT2D eigenvalue weighted by Crippen LogP contribution is -2.22. The molecule has 4 nitrogen and oxygen atoms in total. The first-order valence-electron chi connectivity index (χ1n) is 4.84. The third kappa shape index (κ3) is 1.76. The number of furan rings is 1. The van der Waals surface area contributed by atoms with Crippen molar-refractivity contribution in [1.82, 2.24) is 0 Å². The molecule has 1 atom stereocenters. The Labute approximate surface area is 94.6 Å². The molecule has 0 bridgehead atoms. The van der Waals surface area contributed by atoms with Crippen molar-refractivity contribution in [2.45, 2.75) is 5.92 Å². The molecule has 0 saturated heterocycles. The molecule has 1 aromatic heterocycles. The van der Waals surface area contributed by atoms with Gasteiger partial charge < -0.3 is 15.3 Å². The molecule has 0 aliphatic heterocycles. The highest BCUT2D eigenvalue weighted by molar-refractivity contribution is 5.87. The number of nitrogens with two attached hydrogens (primary N) is 1. The molecule has 0 aliphatic rings. The van der Waals surface area contributed by atoms with Crippen molar-refractivity contribution in [3.63, 3.8) is 0 Å². The van der Waals surface area contributed by atoms with Crippen LogP contribution in [0.15, 0.2) is 22.8 Å². The molecule has 2 aromatic rings. The van der Waals surface area contributed by atoms with E-state index in [0.29, 0.717) is 6.07 Å². The summed E-state index contributed by atoms with van der Waals surface area (Å²) in [6.07, 6.45) is 1.17. The first kappa shape index (κ1) is 11.5. The Hall–Kier alpha value is -1.95. The number of rotatable bonds is 3. The van der Waals surface area contributed by atoms with E-state index in [4.69, 9.17) is 15.3 Å². The maximum Gasteiger partial charge on any atom is 0.312 e. The highest BCUT2D eigenvalue weighted by Gasteiger charge is 2.27. The van der Waals surface area contributed by atoms with Crippen molar-refractivity contribution in [3.05, 3.63) is 35.6 Å². The summed E-state index contributed by atoms with van der Waals surface area (Å²) >= 11 is 0. The van der Waals surface area contributed by atoms with E-state index in [9.17, 15) is 13.6 Å². The first-order valence-corrected chi connectivity index (χ1v) is 4.84. The molecule has 1 heterocycles. The van der Waals surface area contributed by atoms with E-state index in [0.717, 1.165) is 0 Å². The van der Waals surface area contributed by atoms with Gasteiger partial charge in [0.05, 0.1) is 11.6 Å². The number of carbonyl (C=O) groups is 1. The number of aliphatic carboxylic acids is 1. The van der Waals surface area contributed by atoms with Crippen LogP contribution in [-0.2, 0) is 4.79 Å². The van der Waals surface area contributed by atoms with E-state index in [2.05, 4.69) is 0 Å². The molecule has 1 aromatic carbocycles. The quantitative estimate of drug-likeness (QED) is 0.859. The second kappa shape index (κ2) is 4.14. The maximum atomic E-state index is 13.6. The fraction of sp³-hybridized carbons (Fsp3) is 0.182. The highest BCUT2D eigenvalue weighted by atomic mass is 19.1. The van der Waals surface area contributed by atoms with Crippen molar-refractivity contribution < 1.29 is 23.1 Å². The van der Waals surface area contributed by atoms with Crippen LogP contribution in [0.2, 0.25) is 0 Å². The number of carboxylic acid groups (broad SMARTS) is 1. The fourth-order valence-corrected chi connectivity index (χ4v) is 1.75. The highest BCUT2D eigenvalue weighted by Crippen LogP contribution is 2.31. The standard InChI is InChI=1S/C11H9F2NO3/c12-7-3-8(13)9(6(4-14)11(15)16)10-5(7)1-2-17-10/h1-3,6H,4,14H2,(H,15,16). The summed E-state index contributed by atoms with van der Waals surface area (Å²) in [6.45, 7) is -0.298. The van der Waals surface area contributed by atoms with E-state index in [1.165, 1.54) is 12.3 Å². The smallest absolute Gasteiger partial charge is 0.312 e. The van der Waals surface area contributed by atoms with Gasteiger partial charge in [0.25, 0.3) is 0 Å². The van der Waals surface area contributed by atoms with Crippen LogP contribution in [-0.4, -0.2) is 17.6 Å². The van der Waals surface area contributed by atoms with Crippen LogP contribution in [0.1, 0.15) is 11.5 Å². The molecule has 0 aliphatic carbocycles. The average Bonchev–Trinajstić information content (AvgIpc) is 2.72. The molecule has 3 N–H and O–H groups in total. The summed E-state index contributed by atoms with van der Waals surface area (Å²) < 4.78 is 31.9. The zero-order chi connectivity index (χ0) is 12.6. The fourth-order valence-electron chi connectivity index (χ4n) is 1.75. The van der Waals surface area contributed by atoms with Gasteiger partial charge in [-0.2, -0.15) is 0 Å². The van der Waals surface area contributed by atoms with E-state index < -0.39 is 23.5 Å². The summed E-state index contributed by atoms with van der Waals surface area (Å²) in [6, 6.07) is 1.95. The second-order valence-electron chi connectivity index (χ2n) is 3.54. The van der Waals surface area contributed by atoms with E-state index in [1.54, 1.807) is 0 Å². The number of carboxylic acids is 1. The Bertz CT molecular complexity index is 579. The average molecular weight is 241 g/mol. The molecule has 2 rings (SSSR count). The van der Waals surface area contributed by atoms with Crippen LogP contribution in [0.5, 0.6) is 0 Å². The third-order valence-corrected chi connectivity index (χ3v) is 2.56. The summed E-state index contributed by atoms with van der Waals surface area (Å²) in [7, 11) is 0. The van der Waals surface area contributed by atoms with Crippen molar-refractivity contribution in [2.75, 3.05) is 6.54 Å². The van der Waals surface area contributed by atoms with Gasteiger partial charge in [-0.1, -0.05) is 0 Å². The van der Waals surface area contributed by atoms with Gasteiger partial charge in [0.15, 0.2) is 0 Å². The maximum absolute atomic E-state index is 13.6. The Morgan fingerprint density at radius 3 is 2.76 bits per heavy atom. The largest absolute Gasteiger partial charge is 0.481 e. The minimum atomic E-state index is -1.28. The van der Waals surface area contributed by atoms with Gasteiger partial charge in [-0.25, -0.2) is 8.78 Å². The third-order valence-electron chi connectivity index (χ3n) is 2.56. The molecule has 0 spiro atoms. The van der Waals surface area contributed by atoms with Crippen LogP contribution < -0.4 is 5.73 Å². The van der Waals surface area contributed by atoms with Gasteiger partial charge in [0.1, 0.15) is 23.1 Å². The van der Waals surface area contributed by atoms with Gasteiger partial charge in [-0.05, 0) is 6.07 Å². The SMILES string of the molecule is NCC(C(=O)O)c1c(F)cc(F)c2ccoc12. The molecule has 0 amide bonds. The van der Waals surface area contributed by atoms with Gasteiger partial charge in [0, 0.05) is 18.2 Å². The molecule has 0 saturated carbocycles. The summed E-state index contributed by atoms with van der Waals surface area (Å²) in [5.74, 6) is -4.31. The molecule has 1 unspecified atom stereocenters. The number of hydrogen-bond donors (Lipinski definition) is 2. The Morgan fingerprint density at radius 2 is 2.18 bits per heavy atom. The van der Waals surface area contributed by atoms with Crippen molar-refractivity contribution in [2.24, 2.45) is 5.73 Å². The van der Waals surface area contributed by atoms with Crippen LogP contribution >= 0.6 is 0 Å². The monoisotopic (exact) mass is 241 g/mol. The summed E-state index contributed by atoms with van der Waals surface area (Å²) in [5, 5.41) is 8.98. The lowest BCUT2D eigenvalue weighted by atomic mass is 9.97. The Kier molecular flexibility index (Phi) is 2.81. The van der Waals surface area contributed by atoms with Crippen molar-refractivity contribution in [1.29, 1.82) is 0 Å². The molecular weight excluding hydrogens is 232 g/mol. The minimum absolute atomic E-state index is 0.0427. The topological polar surface area (TPSA) is 76.5 Å². The van der Waals surface area contributed by atoms with Gasteiger partial charge in [0.2, 0.25) is 0 Å². The minimum Gasteiger partial charge on any atom is -0.481 e. The Balaban J connectivity index is 2.75.